The molecular weight excluding hydrogens is 707 g/mol. The molecule has 4 N–H and O–H groups in total. The molecule has 0 aromatic heterocycles. The van der Waals surface area contributed by atoms with Crippen LogP contribution in [-0.2, 0) is 14.9 Å². The van der Waals surface area contributed by atoms with Gasteiger partial charge in [0.05, 0.1) is 17.9 Å². The van der Waals surface area contributed by atoms with Crippen LogP contribution >= 0.6 is 0 Å². The monoisotopic (exact) mass is 794 g/mol. The summed E-state index contributed by atoms with van der Waals surface area (Å²) in [7, 11) is -4.46. The largest absolute Gasteiger partial charge is 0.387 e. The van der Waals surface area contributed by atoms with Crippen molar-refractivity contribution in [1.82, 2.24) is 5.32 Å². The number of rotatable bonds is 41. The lowest BCUT2D eigenvalue weighted by Gasteiger charge is -2.22. The summed E-state index contributed by atoms with van der Waals surface area (Å²) in [5.74, 6) is -1.57. The number of allylic oxidation sites excluding steroid dienone is 7. The fourth-order valence-corrected chi connectivity index (χ4v) is 7.51. The number of nitrogens with one attached hydrogen (secondary N) is 1. The van der Waals surface area contributed by atoms with E-state index in [9.17, 15) is 28.0 Å². The third kappa shape index (κ3) is 40.3. The number of aliphatic hydroxyl groups is 2. The molecule has 8 heteroatoms. The van der Waals surface area contributed by atoms with Crippen molar-refractivity contribution in [3.63, 3.8) is 0 Å². The number of carbonyl (C=O) groups is 1. The third-order valence-corrected chi connectivity index (χ3v) is 11.1. The van der Waals surface area contributed by atoms with Gasteiger partial charge >= 0.3 is 0 Å². The Morgan fingerprint density at radius 3 is 1.20 bits per heavy atom. The second-order valence-corrected chi connectivity index (χ2v) is 17.3. The van der Waals surface area contributed by atoms with Crippen molar-refractivity contribution in [3.05, 3.63) is 48.6 Å². The Kier molecular flexibility index (Phi) is 39.2. The summed E-state index contributed by atoms with van der Waals surface area (Å²) in [6.45, 7) is 4.52. The first kappa shape index (κ1) is 53.3. The van der Waals surface area contributed by atoms with E-state index in [0.717, 1.165) is 51.4 Å². The summed E-state index contributed by atoms with van der Waals surface area (Å²) in [6.07, 6.45) is 51.7. The van der Waals surface area contributed by atoms with Gasteiger partial charge in [0.1, 0.15) is 6.10 Å². The van der Waals surface area contributed by atoms with Gasteiger partial charge in [-0.05, 0) is 70.6 Å². The highest BCUT2D eigenvalue weighted by molar-refractivity contribution is 7.85. The van der Waals surface area contributed by atoms with Crippen LogP contribution in [0.15, 0.2) is 48.6 Å². The van der Waals surface area contributed by atoms with E-state index in [2.05, 4.69) is 55.6 Å². The van der Waals surface area contributed by atoms with E-state index in [1.165, 1.54) is 141 Å². The SMILES string of the molecule is CCCCCCCCCCC/C=C\CCCCCCCCC(O)C(=O)NC(CS(=O)(=O)O)C(O)/C=C/CC/C=C/CC/C=C/CCCCCCCCCCC. The van der Waals surface area contributed by atoms with Gasteiger partial charge in [0.25, 0.3) is 10.1 Å². The fourth-order valence-electron chi connectivity index (χ4n) is 6.78. The zero-order valence-corrected chi connectivity index (χ0v) is 36.5. The Bertz CT molecular complexity index is 1070. The topological polar surface area (TPSA) is 124 Å². The molecular formula is C47H87NO6S. The van der Waals surface area contributed by atoms with E-state index in [1.807, 2.05) is 0 Å². The zero-order chi connectivity index (χ0) is 40.5. The molecule has 0 aliphatic rings. The van der Waals surface area contributed by atoms with Crippen LogP contribution in [0.25, 0.3) is 0 Å². The van der Waals surface area contributed by atoms with Crippen LogP contribution in [0.1, 0.15) is 219 Å². The molecule has 0 fully saturated rings. The molecule has 7 nitrogen and oxygen atoms in total. The smallest absolute Gasteiger partial charge is 0.267 e. The Balaban J connectivity index is 4.06. The van der Waals surface area contributed by atoms with Crippen LogP contribution in [0.5, 0.6) is 0 Å². The fraction of sp³-hybridized carbons (Fsp3) is 0.809. The van der Waals surface area contributed by atoms with Crippen LogP contribution in [0.2, 0.25) is 0 Å². The molecule has 0 saturated carbocycles. The summed E-state index contributed by atoms with van der Waals surface area (Å²) < 4.78 is 32.6. The second-order valence-electron chi connectivity index (χ2n) is 15.8. The van der Waals surface area contributed by atoms with E-state index >= 15 is 0 Å². The van der Waals surface area contributed by atoms with E-state index in [1.54, 1.807) is 6.08 Å². The molecule has 55 heavy (non-hydrogen) atoms. The predicted molar refractivity (Wildman–Crippen MR) is 236 cm³/mol. The summed E-state index contributed by atoms with van der Waals surface area (Å²) in [4.78, 5) is 12.6. The molecule has 0 aliphatic heterocycles. The highest BCUT2D eigenvalue weighted by Crippen LogP contribution is 2.14. The Morgan fingerprint density at radius 1 is 0.491 bits per heavy atom. The lowest BCUT2D eigenvalue weighted by Crippen LogP contribution is -2.50. The number of aliphatic hydroxyl groups excluding tert-OH is 2. The number of hydrogen-bond acceptors (Lipinski definition) is 5. The first-order valence-electron chi connectivity index (χ1n) is 22.9. The van der Waals surface area contributed by atoms with Gasteiger partial charge in [0.15, 0.2) is 0 Å². The predicted octanol–water partition coefficient (Wildman–Crippen LogP) is 12.8. The maximum absolute atomic E-state index is 12.6. The normalized spacial score (nSPS) is 14.2. The molecule has 3 unspecified atom stereocenters. The third-order valence-electron chi connectivity index (χ3n) is 10.3. The minimum Gasteiger partial charge on any atom is -0.387 e. The minimum atomic E-state index is -4.46. The van der Waals surface area contributed by atoms with Gasteiger partial charge in [0, 0.05) is 0 Å². The van der Waals surface area contributed by atoms with Crippen molar-refractivity contribution in [2.45, 2.75) is 238 Å². The maximum Gasteiger partial charge on any atom is 0.267 e. The van der Waals surface area contributed by atoms with Crippen molar-refractivity contribution in [2.75, 3.05) is 5.75 Å². The van der Waals surface area contributed by atoms with Crippen molar-refractivity contribution in [3.8, 4) is 0 Å². The molecule has 0 saturated heterocycles. The lowest BCUT2D eigenvalue weighted by atomic mass is 10.0. The lowest BCUT2D eigenvalue weighted by molar-refractivity contribution is -0.130. The highest BCUT2D eigenvalue weighted by atomic mass is 32.2. The molecule has 0 aliphatic carbocycles. The van der Waals surface area contributed by atoms with E-state index in [-0.39, 0.29) is 6.42 Å². The average molecular weight is 794 g/mol. The highest BCUT2D eigenvalue weighted by Gasteiger charge is 2.27. The molecule has 0 bridgehead atoms. The standard InChI is InChI=1S/C47H87NO6S/c1-3-5-7-9-11-13-15-17-19-21-23-25-27-29-31-33-35-37-39-41-45(49)44(43-55(52,53)54)48-47(51)46(50)42-40-38-36-34-32-30-28-26-24-22-20-18-16-14-12-10-8-6-4-2/h23-26,31,33,39,41,44-46,49-50H,3-22,27-30,32,34-38,40,42-43H2,1-2H3,(H,48,51)(H,52,53,54)/b25-23+,26-24-,33-31+,41-39+. The Labute approximate surface area is 340 Å². The number of carbonyl (C=O) groups excluding carboxylic acids is 1. The van der Waals surface area contributed by atoms with Gasteiger partial charge < -0.3 is 15.5 Å². The van der Waals surface area contributed by atoms with Crippen LogP contribution in [-0.4, -0.2) is 53.1 Å². The van der Waals surface area contributed by atoms with Gasteiger partial charge in [-0.1, -0.05) is 197 Å². The summed E-state index contributed by atoms with van der Waals surface area (Å²) in [5.41, 5.74) is 0. The Hall–Kier alpha value is -1.74. The van der Waals surface area contributed by atoms with Crippen molar-refractivity contribution >= 4 is 16.0 Å². The zero-order valence-electron chi connectivity index (χ0n) is 35.7. The van der Waals surface area contributed by atoms with E-state index in [0.29, 0.717) is 12.8 Å². The van der Waals surface area contributed by atoms with Gasteiger partial charge in [-0.3, -0.25) is 9.35 Å². The summed E-state index contributed by atoms with van der Waals surface area (Å²) in [5, 5.41) is 23.4. The van der Waals surface area contributed by atoms with E-state index in [4.69, 9.17) is 0 Å². The molecule has 0 radical (unpaired) electrons. The first-order chi connectivity index (χ1) is 26.7. The molecule has 1 amide bonds. The number of amides is 1. The average Bonchev–Trinajstić information content (AvgIpc) is 3.15. The minimum absolute atomic E-state index is 0.263. The maximum atomic E-state index is 12.6. The number of unbranched alkanes of at least 4 members (excludes halogenated alkanes) is 26. The van der Waals surface area contributed by atoms with Gasteiger partial charge in [-0.2, -0.15) is 8.42 Å². The van der Waals surface area contributed by atoms with Gasteiger partial charge in [-0.15, -0.1) is 0 Å². The van der Waals surface area contributed by atoms with Crippen molar-refractivity contribution in [1.29, 1.82) is 0 Å². The molecule has 0 rings (SSSR count). The molecule has 0 heterocycles. The summed E-state index contributed by atoms with van der Waals surface area (Å²) >= 11 is 0. The quantitative estimate of drug-likeness (QED) is 0.0278. The van der Waals surface area contributed by atoms with E-state index < -0.39 is 40.0 Å². The van der Waals surface area contributed by atoms with Crippen molar-refractivity contribution < 1.29 is 28.0 Å². The Morgan fingerprint density at radius 2 is 0.818 bits per heavy atom. The summed E-state index contributed by atoms with van der Waals surface area (Å²) in [6, 6.07) is -1.26. The first-order valence-corrected chi connectivity index (χ1v) is 24.6. The molecule has 3 atom stereocenters. The van der Waals surface area contributed by atoms with Crippen molar-refractivity contribution in [2.24, 2.45) is 0 Å². The second kappa shape index (κ2) is 40.5. The molecule has 322 valence electrons. The van der Waals surface area contributed by atoms with Gasteiger partial charge in [-0.25, -0.2) is 0 Å². The molecule has 0 aromatic rings. The molecule has 0 aromatic carbocycles. The van der Waals surface area contributed by atoms with Crippen LogP contribution in [0.4, 0.5) is 0 Å². The molecule has 0 spiro atoms. The van der Waals surface area contributed by atoms with Gasteiger partial charge in [0.2, 0.25) is 5.91 Å². The van der Waals surface area contributed by atoms with Crippen LogP contribution < -0.4 is 5.32 Å². The van der Waals surface area contributed by atoms with Crippen LogP contribution in [0, 0.1) is 0 Å². The van der Waals surface area contributed by atoms with Crippen LogP contribution in [0.3, 0.4) is 0 Å². The number of hydrogen-bond donors (Lipinski definition) is 4.